The van der Waals surface area contributed by atoms with Crippen LogP contribution in [0.2, 0.25) is 0 Å². The first kappa shape index (κ1) is 22.7. The molecule has 1 N–H and O–H groups in total. The van der Waals surface area contributed by atoms with Gasteiger partial charge in [0.05, 0.1) is 0 Å². The molecule has 1 fully saturated rings. The first-order valence-electron chi connectivity index (χ1n) is 11.4. The van der Waals surface area contributed by atoms with Crippen molar-refractivity contribution in [1.82, 2.24) is 20.4 Å². The van der Waals surface area contributed by atoms with E-state index in [1.165, 1.54) is 0 Å². The third kappa shape index (κ3) is 4.82. The van der Waals surface area contributed by atoms with Gasteiger partial charge >= 0.3 is 0 Å². The summed E-state index contributed by atoms with van der Waals surface area (Å²) in [5, 5.41) is 7.28. The van der Waals surface area contributed by atoms with Gasteiger partial charge in [-0.25, -0.2) is 0 Å². The van der Waals surface area contributed by atoms with Gasteiger partial charge in [-0.3, -0.25) is 14.6 Å². The molecule has 4 rings (SSSR count). The molecule has 1 aromatic carbocycles. The first-order valence-corrected chi connectivity index (χ1v) is 11.4. The molecule has 2 amide bonds. The van der Waals surface area contributed by atoms with Gasteiger partial charge in [0.2, 0.25) is 5.91 Å². The van der Waals surface area contributed by atoms with Crippen molar-refractivity contribution in [2.24, 2.45) is 5.92 Å². The largest absolute Gasteiger partial charge is 0.361 e. The topological polar surface area (TPSA) is 88.3 Å². The van der Waals surface area contributed by atoms with Crippen LogP contribution < -0.4 is 5.32 Å². The summed E-state index contributed by atoms with van der Waals surface area (Å²) < 4.78 is 5.66. The van der Waals surface area contributed by atoms with Crippen molar-refractivity contribution in [2.45, 2.75) is 45.6 Å². The minimum atomic E-state index is -1.05. The van der Waals surface area contributed by atoms with E-state index in [0.29, 0.717) is 42.6 Å². The number of carbonyl (C=O) groups excluding carboxylic acids is 2. The van der Waals surface area contributed by atoms with Gasteiger partial charge in [0.25, 0.3) is 5.91 Å². The molecule has 33 heavy (non-hydrogen) atoms. The number of nitrogens with zero attached hydrogens (tertiary/aromatic N) is 3. The number of aromatic nitrogens is 2. The Bertz CT molecular complexity index is 1110. The van der Waals surface area contributed by atoms with Crippen molar-refractivity contribution in [2.75, 3.05) is 13.1 Å². The van der Waals surface area contributed by atoms with Crippen molar-refractivity contribution in [3.05, 3.63) is 71.7 Å². The highest BCUT2D eigenvalue weighted by molar-refractivity contribution is 5.98. The molecule has 1 aliphatic rings. The van der Waals surface area contributed by atoms with E-state index < -0.39 is 5.54 Å². The number of amides is 2. The monoisotopic (exact) mass is 446 g/mol. The van der Waals surface area contributed by atoms with Crippen molar-refractivity contribution in [3.63, 3.8) is 0 Å². The summed E-state index contributed by atoms with van der Waals surface area (Å²) in [6.45, 7) is 7.15. The molecule has 2 aromatic heterocycles. The second-order valence-corrected chi connectivity index (χ2v) is 9.13. The van der Waals surface area contributed by atoms with Gasteiger partial charge in [-0.2, -0.15) is 0 Å². The van der Waals surface area contributed by atoms with Crippen LogP contribution in [-0.4, -0.2) is 45.5 Å². The summed E-state index contributed by atoms with van der Waals surface area (Å²) in [4.78, 5) is 32.8. The van der Waals surface area contributed by atoms with E-state index in [1.54, 1.807) is 29.3 Å². The third-order valence-corrected chi connectivity index (χ3v) is 6.08. The summed E-state index contributed by atoms with van der Waals surface area (Å²) in [5.74, 6) is 0.467. The predicted octanol–water partition coefficient (Wildman–Crippen LogP) is 4.03. The molecule has 3 heterocycles. The van der Waals surface area contributed by atoms with Crippen molar-refractivity contribution in [1.29, 1.82) is 0 Å². The zero-order valence-electron chi connectivity index (χ0n) is 19.4. The summed E-state index contributed by atoms with van der Waals surface area (Å²) in [5.41, 5.74) is 2.11. The molecule has 0 spiro atoms. The Morgan fingerprint density at radius 1 is 1.18 bits per heavy atom. The Morgan fingerprint density at radius 2 is 1.97 bits per heavy atom. The molecule has 0 radical (unpaired) electrons. The lowest BCUT2D eigenvalue weighted by molar-refractivity contribution is -0.131. The lowest BCUT2D eigenvalue weighted by Gasteiger charge is -2.36. The number of likely N-dealkylation sites (tertiary alicyclic amines) is 1. The van der Waals surface area contributed by atoms with Crippen molar-refractivity contribution >= 4 is 11.8 Å². The van der Waals surface area contributed by atoms with Crippen LogP contribution in [-0.2, 0) is 11.2 Å². The van der Waals surface area contributed by atoms with Crippen LogP contribution in [0.4, 0.5) is 0 Å². The Balaban J connectivity index is 1.65. The molecular formula is C26H30N4O3. The van der Waals surface area contributed by atoms with Crippen LogP contribution in [0.3, 0.4) is 0 Å². The number of pyridine rings is 1. The summed E-state index contributed by atoms with van der Waals surface area (Å²) in [6, 6.07) is 15.1. The van der Waals surface area contributed by atoms with Crippen molar-refractivity contribution in [3.8, 4) is 11.3 Å². The van der Waals surface area contributed by atoms with Crippen LogP contribution in [0.5, 0.6) is 0 Å². The minimum absolute atomic E-state index is 0.161. The molecule has 7 nitrogen and oxygen atoms in total. The second-order valence-electron chi connectivity index (χ2n) is 9.13. The van der Waals surface area contributed by atoms with Gasteiger partial charge in [-0.05, 0) is 37.8 Å². The molecule has 7 heteroatoms. The fourth-order valence-electron chi connectivity index (χ4n) is 4.31. The van der Waals surface area contributed by atoms with Crippen LogP contribution >= 0.6 is 0 Å². The van der Waals surface area contributed by atoms with Gasteiger partial charge in [-0.15, -0.1) is 0 Å². The maximum Gasteiger partial charge on any atom is 0.273 e. The first-order chi connectivity index (χ1) is 15.9. The maximum atomic E-state index is 13.5. The van der Waals surface area contributed by atoms with Crippen LogP contribution in [0.25, 0.3) is 11.3 Å². The molecular weight excluding hydrogens is 416 g/mol. The minimum Gasteiger partial charge on any atom is -0.361 e. The number of aryl methyl sites for hydroxylation is 1. The Morgan fingerprint density at radius 3 is 2.67 bits per heavy atom. The molecule has 1 atom stereocenters. The lowest BCUT2D eigenvalue weighted by Crippen LogP contribution is -2.59. The zero-order chi connectivity index (χ0) is 23.4. The highest BCUT2D eigenvalue weighted by atomic mass is 16.5. The van der Waals surface area contributed by atoms with E-state index in [9.17, 15) is 9.59 Å². The number of hydrogen-bond donors (Lipinski definition) is 1. The fourth-order valence-corrected chi connectivity index (χ4v) is 4.31. The number of hydrogen-bond acceptors (Lipinski definition) is 5. The molecule has 172 valence electrons. The summed E-state index contributed by atoms with van der Waals surface area (Å²) in [6.07, 6.45) is 3.13. The highest BCUT2D eigenvalue weighted by Crippen LogP contribution is 2.35. The molecule has 1 aliphatic heterocycles. The molecule has 3 aromatic rings. The van der Waals surface area contributed by atoms with E-state index in [1.807, 2.05) is 51.1 Å². The SMILES string of the molecule is Cc1ccc(-c2cc(C[C@]3(C(=O)NCC(C)C)CCCN3C(=O)c3ccccn3)on2)cc1. The molecule has 0 aliphatic carbocycles. The standard InChI is InChI=1S/C26H30N4O3/c1-18(2)17-28-25(32)26(12-6-14-30(26)24(31)22-7-4-5-13-27-22)16-21-15-23(29-33-21)20-10-8-19(3)9-11-20/h4-5,7-11,13,15,18H,6,12,14,16-17H2,1-3H3,(H,28,32)/t26-/m0/s1. The fraction of sp³-hybridized carbons (Fsp3) is 0.385. The predicted molar refractivity (Wildman–Crippen MR) is 125 cm³/mol. The lowest BCUT2D eigenvalue weighted by atomic mass is 9.88. The Hall–Kier alpha value is -3.48. The third-order valence-electron chi connectivity index (χ3n) is 6.08. The molecule has 1 saturated heterocycles. The smallest absolute Gasteiger partial charge is 0.273 e. The van der Waals surface area contributed by atoms with E-state index in [0.717, 1.165) is 17.5 Å². The molecule has 0 unspecified atom stereocenters. The van der Waals surface area contributed by atoms with Gasteiger partial charge in [-0.1, -0.05) is 54.9 Å². The molecule has 0 saturated carbocycles. The van der Waals surface area contributed by atoms with E-state index >= 15 is 0 Å². The maximum absolute atomic E-state index is 13.5. The number of rotatable bonds is 7. The van der Waals surface area contributed by atoms with Crippen LogP contribution in [0.15, 0.2) is 59.3 Å². The average molecular weight is 447 g/mol. The van der Waals surface area contributed by atoms with Crippen molar-refractivity contribution < 1.29 is 14.1 Å². The second kappa shape index (κ2) is 9.57. The summed E-state index contributed by atoms with van der Waals surface area (Å²) >= 11 is 0. The normalized spacial score (nSPS) is 18.0. The highest BCUT2D eigenvalue weighted by Gasteiger charge is 2.50. The van der Waals surface area contributed by atoms with Gasteiger partial charge in [0.15, 0.2) is 0 Å². The van der Waals surface area contributed by atoms with Gasteiger partial charge in [0.1, 0.15) is 22.7 Å². The zero-order valence-corrected chi connectivity index (χ0v) is 19.4. The Labute approximate surface area is 194 Å². The summed E-state index contributed by atoms with van der Waals surface area (Å²) in [7, 11) is 0. The van der Waals surface area contributed by atoms with Crippen LogP contribution in [0.1, 0.15) is 48.5 Å². The quantitative estimate of drug-likeness (QED) is 0.592. The Kier molecular flexibility index (Phi) is 6.58. The van der Waals surface area contributed by atoms with Gasteiger partial charge < -0.3 is 14.7 Å². The van der Waals surface area contributed by atoms with E-state index in [-0.39, 0.29) is 18.2 Å². The number of nitrogens with one attached hydrogen (secondary N) is 1. The van der Waals surface area contributed by atoms with Crippen LogP contribution in [0, 0.1) is 12.8 Å². The number of benzene rings is 1. The van der Waals surface area contributed by atoms with E-state index in [4.69, 9.17) is 4.52 Å². The average Bonchev–Trinajstić information content (AvgIpc) is 3.46. The van der Waals surface area contributed by atoms with E-state index in [2.05, 4.69) is 15.5 Å². The number of carbonyl (C=O) groups is 2. The molecule has 0 bridgehead atoms. The van der Waals surface area contributed by atoms with Gasteiger partial charge in [0, 0.05) is 37.3 Å².